The number of halogens is 3. The first-order chi connectivity index (χ1) is 9.44. The summed E-state index contributed by atoms with van der Waals surface area (Å²) in [5.41, 5.74) is 2.52. The van der Waals surface area contributed by atoms with Gasteiger partial charge in [-0.15, -0.1) is 0 Å². The van der Waals surface area contributed by atoms with Gasteiger partial charge in [0, 0.05) is 19.1 Å². The fourth-order valence-corrected chi connectivity index (χ4v) is 3.73. The summed E-state index contributed by atoms with van der Waals surface area (Å²) in [7, 11) is 0. The highest BCUT2D eigenvalue weighted by molar-refractivity contribution is 4.92. The molecule has 3 nitrogen and oxygen atoms in total. The van der Waals surface area contributed by atoms with Crippen molar-refractivity contribution in [3.63, 3.8) is 0 Å². The van der Waals surface area contributed by atoms with E-state index in [1.807, 2.05) is 0 Å². The van der Waals surface area contributed by atoms with Crippen LogP contribution < -0.4 is 11.3 Å². The molecule has 2 aliphatic rings. The summed E-state index contributed by atoms with van der Waals surface area (Å²) >= 11 is 0. The van der Waals surface area contributed by atoms with Gasteiger partial charge < -0.3 is 4.74 Å². The first-order valence-electron chi connectivity index (χ1n) is 7.61. The zero-order valence-electron chi connectivity index (χ0n) is 11.8. The molecular formula is C14H25F3N2O. The second-order valence-electron chi connectivity index (χ2n) is 6.27. The van der Waals surface area contributed by atoms with Crippen molar-refractivity contribution in [1.29, 1.82) is 0 Å². The maximum Gasteiger partial charge on any atom is 0.389 e. The summed E-state index contributed by atoms with van der Waals surface area (Å²) in [6.07, 6.45) is 2.47. The summed E-state index contributed by atoms with van der Waals surface area (Å²) in [4.78, 5) is 0. The SMILES string of the molecule is NNC(CCC(F)(F)F)C1CCOC2(CCCCC2)C1. The molecule has 118 valence electrons. The number of hydrogen-bond donors (Lipinski definition) is 2. The molecule has 2 fully saturated rings. The molecule has 3 N–H and O–H groups in total. The first-order valence-corrected chi connectivity index (χ1v) is 7.61. The average molecular weight is 294 g/mol. The molecule has 2 atom stereocenters. The van der Waals surface area contributed by atoms with E-state index in [-0.39, 0.29) is 24.0 Å². The molecule has 1 saturated carbocycles. The fourth-order valence-electron chi connectivity index (χ4n) is 3.73. The van der Waals surface area contributed by atoms with Crippen molar-refractivity contribution in [2.75, 3.05) is 6.61 Å². The van der Waals surface area contributed by atoms with Crippen LogP contribution in [-0.2, 0) is 4.74 Å². The third-order valence-electron chi connectivity index (χ3n) is 4.82. The molecule has 1 heterocycles. The normalized spacial score (nSPS) is 28.5. The van der Waals surface area contributed by atoms with Gasteiger partial charge in [0.05, 0.1) is 5.60 Å². The van der Waals surface area contributed by atoms with Gasteiger partial charge in [-0.05, 0) is 38.0 Å². The Morgan fingerprint density at radius 3 is 2.55 bits per heavy atom. The molecule has 1 aliphatic carbocycles. The number of alkyl halides is 3. The predicted molar refractivity (Wildman–Crippen MR) is 70.9 cm³/mol. The summed E-state index contributed by atoms with van der Waals surface area (Å²) < 4.78 is 43.1. The molecule has 0 bridgehead atoms. The smallest absolute Gasteiger partial charge is 0.375 e. The van der Waals surface area contributed by atoms with Gasteiger partial charge in [0.25, 0.3) is 0 Å². The maximum absolute atomic E-state index is 12.4. The zero-order chi connectivity index (χ0) is 14.6. The monoisotopic (exact) mass is 294 g/mol. The molecule has 0 radical (unpaired) electrons. The van der Waals surface area contributed by atoms with Crippen LogP contribution in [0.4, 0.5) is 13.2 Å². The van der Waals surface area contributed by atoms with Gasteiger partial charge in [0.1, 0.15) is 0 Å². The van der Waals surface area contributed by atoms with E-state index in [2.05, 4.69) is 5.43 Å². The third kappa shape index (κ3) is 4.33. The second-order valence-corrected chi connectivity index (χ2v) is 6.27. The number of nitrogens with one attached hydrogen (secondary N) is 1. The zero-order valence-corrected chi connectivity index (χ0v) is 11.8. The lowest BCUT2D eigenvalue weighted by Crippen LogP contribution is -2.49. The Hall–Kier alpha value is -0.330. The Labute approximate surface area is 118 Å². The van der Waals surface area contributed by atoms with Gasteiger partial charge in [-0.3, -0.25) is 11.3 Å². The highest BCUT2D eigenvalue weighted by Gasteiger charge is 2.41. The second kappa shape index (κ2) is 6.62. The van der Waals surface area contributed by atoms with Crippen LogP contribution in [0.1, 0.15) is 57.8 Å². The Morgan fingerprint density at radius 2 is 1.95 bits per heavy atom. The maximum atomic E-state index is 12.4. The van der Waals surface area contributed by atoms with Crippen LogP contribution in [0.25, 0.3) is 0 Å². The Bertz CT molecular complexity index is 298. The van der Waals surface area contributed by atoms with E-state index < -0.39 is 12.6 Å². The van der Waals surface area contributed by atoms with Crippen LogP contribution >= 0.6 is 0 Å². The highest BCUT2D eigenvalue weighted by atomic mass is 19.4. The van der Waals surface area contributed by atoms with E-state index in [9.17, 15) is 13.2 Å². The Kier molecular flexibility index (Phi) is 5.31. The number of hydrogen-bond acceptors (Lipinski definition) is 3. The molecule has 6 heteroatoms. The molecular weight excluding hydrogens is 269 g/mol. The molecule has 0 aromatic rings. The standard InChI is InChI=1S/C14H25F3N2O/c15-14(16,17)8-4-12(19-18)11-5-9-20-13(10-11)6-2-1-3-7-13/h11-12,19H,1-10,18H2. The molecule has 0 aromatic heterocycles. The minimum absolute atomic E-state index is 0.0563. The highest BCUT2D eigenvalue weighted by Crippen LogP contribution is 2.42. The number of ether oxygens (including phenoxy) is 1. The van der Waals surface area contributed by atoms with Crippen molar-refractivity contribution in [1.82, 2.24) is 5.43 Å². The van der Waals surface area contributed by atoms with Crippen LogP contribution in [-0.4, -0.2) is 24.4 Å². The minimum atomic E-state index is -4.11. The van der Waals surface area contributed by atoms with Crippen LogP contribution in [0, 0.1) is 5.92 Å². The van der Waals surface area contributed by atoms with Crippen LogP contribution in [0.15, 0.2) is 0 Å². The van der Waals surface area contributed by atoms with Gasteiger partial charge >= 0.3 is 6.18 Å². The van der Waals surface area contributed by atoms with Crippen molar-refractivity contribution in [2.24, 2.45) is 11.8 Å². The lowest BCUT2D eigenvalue weighted by atomic mass is 9.73. The molecule has 0 amide bonds. The van der Waals surface area contributed by atoms with Crippen molar-refractivity contribution in [2.45, 2.75) is 75.6 Å². The molecule has 1 spiro atoms. The molecule has 0 aromatic carbocycles. The quantitative estimate of drug-likeness (QED) is 0.618. The van der Waals surface area contributed by atoms with E-state index in [4.69, 9.17) is 10.6 Å². The van der Waals surface area contributed by atoms with Gasteiger partial charge in [-0.2, -0.15) is 13.2 Å². The minimum Gasteiger partial charge on any atom is -0.375 e. The van der Waals surface area contributed by atoms with Gasteiger partial charge in [-0.1, -0.05) is 19.3 Å². The van der Waals surface area contributed by atoms with Gasteiger partial charge in [0.2, 0.25) is 0 Å². The molecule has 2 unspecified atom stereocenters. The van der Waals surface area contributed by atoms with E-state index in [0.717, 1.165) is 38.5 Å². The summed E-state index contributed by atoms with van der Waals surface area (Å²) in [6, 6.07) is -0.265. The number of nitrogens with two attached hydrogens (primary N) is 1. The van der Waals surface area contributed by atoms with Gasteiger partial charge in [0.15, 0.2) is 0 Å². The van der Waals surface area contributed by atoms with Crippen molar-refractivity contribution >= 4 is 0 Å². The Morgan fingerprint density at radius 1 is 1.25 bits per heavy atom. The largest absolute Gasteiger partial charge is 0.389 e. The van der Waals surface area contributed by atoms with Crippen molar-refractivity contribution in [3.8, 4) is 0 Å². The topological polar surface area (TPSA) is 47.3 Å². The number of rotatable bonds is 4. The predicted octanol–water partition coefficient (Wildman–Crippen LogP) is 3.29. The van der Waals surface area contributed by atoms with Crippen LogP contribution in [0.2, 0.25) is 0 Å². The van der Waals surface area contributed by atoms with E-state index in [1.165, 1.54) is 6.42 Å². The summed E-state index contributed by atoms with van der Waals surface area (Å²) in [5.74, 6) is 5.68. The van der Waals surface area contributed by atoms with E-state index in [1.54, 1.807) is 0 Å². The van der Waals surface area contributed by atoms with Crippen LogP contribution in [0.5, 0.6) is 0 Å². The molecule has 2 rings (SSSR count). The molecule has 1 aliphatic heterocycles. The third-order valence-corrected chi connectivity index (χ3v) is 4.82. The fraction of sp³-hybridized carbons (Fsp3) is 1.00. The lowest BCUT2D eigenvalue weighted by Gasteiger charge is -2.45. The molecule has 1 saturated heterocycles. The summed E-state index contributed by atoms with van der Waals surface area (Å²) in [5, 5.41) is 0. The van der Waals surface area contributed by atoms with Crippen molar-refractivity contribution < 1.29 is 17.9 Å². The molecule has 20 heavy (non-hydrogen) atoms. The average Bonchev–Trinajstić information content (AvgIpc) is 2.39. The van der Waals surface area contributed by atoms with E-state index >= 15 is 0 Å². The van der Waals surface area contributed by atoms with E-state index in [0.29, 0.717) is 6.61 Å². The van der Waals surface area contributed by atoms with Crippen LogP contribution in [0.3, 0.4) is 0 Å². The van der Waals surface area contributed by atoms with Crippen molar-refractivity contribution in [3.05, 3.63) is 0 Å². The first kappa shape index (κ1) is 16.0. The Balaban J connectivity index is 1.92. The summed E-state index contributed by atoms with van der Waals surface area (Å²) in [6.45, 7) is 0.648. The van der Waals surface area contributed by atoms with Gasteiger partial charge in [-0.25, -0.2) is 0 Å². The number of hydrazine groups is 1. The lowest BCUT2D eigenvalue weighted by molar-refractivity contribution is -0.142.